The summed E-state index contributed by atoms with van der Waals surface area (Å²) in [5.74, 6) is 1.15. The molecule has 17 heavy (non-hydrogen) atoms. The second kappa shape index (κ2) is 8.29. The van der Waals surface area contributed by atoms with E-state index in [1.165, 1.54) is 44.9 Å². The van der Waals surface area contributed by atoms with Gasteiger partial charge in [-0.2, -0.15) is 0 Å². The van der Waals surface area contributed by atoms with E-state index < -0.39 is 0 Å². The van der Waals surface area contributed by atoms with E-state index in [1.54, 1.807) is 0 Å². The molecule has 1 aromatic heterocycles. The first-order chi connectivity index (χ1) is 8.29. The number of imidazole rings is 1. The van der Waals surface area contributed by atoms with Gasteiger partial charge < -0.3 is 9.88 Å². The Labute approximate surface area is 106 Å². The highest BCUT2D eigenvalue weighted by Gasteiger charge is 2.12. The first kappa shape index (κ1) is 14.2. The Morgan fingerprint density at radius 2 is 1.94 bits per heavy atom. The van der Waals surface area contributed by atoms with Crippen LogP contribution < -0.4 is 5.32 Å². The number of unbranched alkanes of at least 4 members (excludes halogenated alkanes) is 5. The fraction of sp³-hybridized carbons (Fsp3) is 0.786. The van der Waals surface area contributed by atoms with Crippen molar-refractivity contribution in [3.63, 3.8) is 0 Å². The summed E-state index contributed by atoms with van der Waals surface area (Å²) < 4.78 is 2.11. The minimum Gasteiger partial charge on any atom is -0.337 e. The Hall–Kier alpha value is -0.830. The van der Waals surface area contributed by atoms with Crippen LogP contribution in [0.5, 0.6) is 0 Å². The number of rotatable bonds is 9. The highest BCUT2D eigenvalue weighted by molar-refractivity contribution is 4.98. The maximum absolute atomic E-state index is 4.42. The average Bonchev–Trinajstić information content (AvgIpc) is 2.75. The number of nitrogens with one attached hydrogen (secondary N) is 1. The van der Waals surface area contributed by atoms with E-state index in [2.05, 4.69) is 28.8 Å². The largest absolute Gasteiger partial charge is 0.337 e. The molecule has 3 heteroatoms. The van der Waals surface area contributed by atoms with Crippen LogP contribution in [0, 0.1) is 0 Å². The Kier molecular flexibility index (Phi) is 6.94. The lowest BCUT2D eigenvalue weighted by molar-refractivity contribution is 0.469. The van der Waals surface area contributed by atoms with Gasteiger partial charge in [0.25, 0.3) is 0 Å². The lowest BCUT2D eigenvalue weighted by atomic mass is 10.1. The van der Waals surface area contributed by atoms with Gasteiger partial charge in [0.1, 0.15) is 5.82 Å². The van der Waals surface area contributed by atoms with Gasteiger partial charge in [0, 0.05) is 19.4 Å². The number of hydrogen-bond acceptors (Lipinski definition) is 2. The van der Waals surface area contributed by atoms with E-state index in [-0.39, 0.29) is 0 Å². The molecule has 1 N–H and O–H groups in total. The second-order valence-corrected chi connectivity index (χ2v) is 4.79. The Balaban J connectivity index is 2.22. The van der Waals surface area contributed by atoms with Crippen LogP contribution in [0.4, 0.5) is 0 Å². The zero-order valence-electron chi connectivity index (χ0n) is 11.6. The Morgan fingerprint density at radius 3 is 2.53 bits per heavy atom. The molecule has 1 rings (SSSR count). The van der Waals surface area contributed by atoms with Gasteiger partial charge >= 0.3 is 0 Å². The summed E-state index contributed by atoms with van der Waals surface area (Å²) in [5, 5.41) is 3.36. The summed E-state index contributed by atoms with van der Waals surface area (Å²) >= 11 is 0. The van der Waals surface area contributed by atoms with Crippen molar-refractivity contribution in [2.24, 2.45) is 7.05 Å². The molecule has 0 fully saturated rings. The second-order valence-electron chi connectivity index (χ2n) is 4.79. The molecule has 1 atom stereocenters. The van der Waals surface area contributed by atoms with Crippen molar-refractivity contribution in [2.75, 3.05) is 7.05 Å². The predicted octanol–water partition coefficient (Wildman–Crippen LogP) is 3.43. The van der Waals surface area contributed by atoms with Crippen LogP contribution in [0.2, 0.25) is 0 Å². The quantitative estimate of drug-likeness (QED) is 0.667. The van der Waals surface area contributed by atoms with Gasteiger partial charge in [0.15, 0.2) is 0 Å². The molecule has 0 aromatic carbocycles. The van der Waals surface area contributed by atoms with Gasteiger partial charge in [-0.3, -0.25) is 0 Å². The third-order valence-corrected chi connectivity index (χ3v) is 3.36. The van der Waals surface area contributed by atoms with Crippen molar-refractivity contribution in [1.82, 2.24) is 14.9 Å². The van der Waals surface area contributed by atoms with Gasteiger partial charge in [-0.1, -0.05) is 45.4 Å². The van der Waals surface area contributed by atoms with Gasteiger partial charge in [-0.15, -0.1) is 0 Å². The third-order valence-electron chi connectivity index (χ3n) is 3.36. The normalized spacial score (nSPS) is 12.9. The number of aryl methyl sites for hydroxylation is 1. The van der Waals surface area contributed by atoms with Crippen LogP contribution in [0.25, 0.3) is 0 Å². The lowest BCUT2D eigenvalue weighted by Gasteiger charge is -2.15. The van der Waals surface area contributed by atoms with Crippen LogP contribution >= 0.6 is 0 Å². The number of nitrogens with zero attached hydrogens (tertiary/aromatic N) is 2. The van der Waals surface area contributed by atoms with E-state index >= 15 is 0 Å². The summed E-state index contributed by atoms with van der Waals surface area (Å²) in [7, 11) is 4.09. The van der Waals surface area contributed by atoms with Crippen molar-refractivity contribution in [3.8, 4) is 0 Å². The molecule has 0 radical (unpaired) electrons. The third kappa shape index (κ3) is 4.90. The number of aromatic nitrogens is 2. The van der Waals surface area contributed by atoms with Gasteiger partial charge in [0.2, 0.25) is 0 Å². The fourth-order valence-electron chi connectivity index (χ4n) is 2.24. The zero-order valence-corrected chi connectivity index (χ0v) is 11.6. The van der Waals surface area contributed by atoms with Crippen LogP contribution in [0.15, 0.2) is 12.4 Å². The molecule has 0 aliphatic rings. The Morgan fingerprint density at radius 1 is 1.24 bits per heavy atom. The maximum atomic E-state index is 4.42. The molecule has 0 bridgehead atoms. The van der Waals surface area contributed by atoms with Crippen LogP contribution in [0.1, 0.15) is 63.7 Å². The van der Waals surface area contributed by atoms with Crippen molar-refractivity contribution >= 4 is 0 Å². The van der Waals surface area contributed by atoms with E-state index in [4.69, 9.17) is 0 Å². The minimum absolute atomic E-state index is 0.404. The summed E-state index contributed by atoms with van der Waals surface area (Å²) in [4.78, 5) is 4.42. The molecule has 0 saturated heterocycles. The van der Waals surface area contributed by atoms with Crippen molar-refractivity contribution in [2.45, 2.75) is 57.9 Å². The highest BCUT2D eigenvalue weighted by atomic mass is 15.1. The van der Waals surface area contributed by atoms with Crippen molar-refractivity contribution in [1.29, 1.82) is 0 Å². The van der Waals surface area contributed by atoms with Crippen molar-refractivity contribution in [3.05, 3.63) is 18.2 Å². The molecular weight excluding hydrogens is 210 g/mol. The van der Waals surface area contributed by atoms with E-state index in [0.29, 0.717) is 6.04 Å². The molecule has 0 aliphatic carbocycles. The highest BCUT2D eigenvalue weighted by Crippen LogP contribution is 2.18. The molecule has 0 aliphatic heterocycles. The monoisotopic (exact) mass is 237 g/mol. The number of hydrogen-bond donors (Lipinski definition) is 1. The summed E-state index contributed by atoms with van der Waals surface area (Å²) in [6.07, 6.45) is 13.2. The minimum atomic E-state index is 0.404. The van der Waals surface area contributed by atoms with Gasteiger partial charge in [-0.05, 0) is 13.5 Å². The summed E-state index contributed by atoms with van der Waals surface area (Å²) in [6.45, 7) is 2.26. The average molecular weight is 237 g/mol. The van der Waals surface area contributed by atoms with Crippen LogP contribution in [-0.2, 0) is 7.05 Å². The SMILES string of the molecule is CCCCCCCCC(NC)c1nccn1C. The summed E-state index contributed by atoms with van der Waals surface area (Å²) in [5.41, 5.74) is 0. The molecule has 1 heterocycles. The molecule has 0 saturated carbocycles. The van der Waals surface area contributed by atoms with E-state index in [1.807, 2.05) is 19.4 Å². The van der Waals surface area contributed by atoms with Gasteiger partial charge in [0.05, 0.1) is 6.04 Å². The molecule has 1 unspecified atom stereocenters. The molecule has 0 amide bonds. The molecule has 98 valence electrons. The molecule has 3 nitrogen and oxygen atoms in total. The lowest BCUT2D eigenvalue weighted by Crippen LogP contribution is -2.19. The first-order valence-electron chi connectivity index (χ1n) is 6.94. The zero-order chi connectivity index (χ0) is 12.5. The first-order valence-corrected chi connectivity index (χ1v) is 6.94. The van der Waals surface area contributed by atoms with Crippen LogP contribution in [-0.4, -0.2) is 16.6 Å². The summed E-state index contributed by atoms with van der Waals surface area (Å²) in [6, 6.07) is 0.404. The predicted molar refractivity (Wildman–Crippen MR) is 73.0 cm³/mol. The van der Waals surface area contributed by atoms with E-state index in [9.17, 15) is 0 Å². The molecule has 0 spiro atoms. The molecular formula is C14H27N3. The smallest absolute Gasteiger partial charge is 0.125 e. The maximum Gasteiger partial charge on any atom is 0.125 e. The standard InChI is InChI=1S/C14H27N3/c1-4-5-6-7-8-9-10-13(15-2)14-16-11-12-17(14)3/h11-13,15H,4-10H2,1-3H3. The van der Waals surface area contributed by atoms with Crippen molar-refractivity contribution < 1.29 is 0 Å². The topological polar surface area (TPSA) is 29.9 Å². The molecule has 1 aromatic rings. The fourth-order valence-corrected chi connectivity index (χ4v) is 2.24. The Bertz CT molecular complexity index is 293. The van der Waals surface area contributed by atoms with E-state index in [0.717, 1.165) is 5.82 Å². The van der Waals surface area contributed by atoms with Gasteiger partial charge in [-0.25, -0.2) is 4.98 Å². The van der Waals surface area contributed by atoms with Crippen LogP contribution in [0.3, 0.4) is 0 Å².